The summed E-state index contributed by atoms with van der Waals surface area (Å²) in [7, 11) is 0. The van der Waals surface area contributed by atoms with Crippen molar-refractivity contribution in [1.29, 1.82) is 0 Å². The predicted molar refractivity (Wildman–Crippen MR) is 81.0 cm³/mol. The van der Waals surface area contributed by atoms with Gasteiger partial charge in [0.25, 0.3) is 0 Å². The zero-order chi connectivity index (χ0) is 13.7. The van der Waals surface area contributed by atoms with Gasteiger partial charge >= 0.3 is 0 Å². The summed E-state index contributed by atoms with van der Waals surface area (Å²) in [6.07, 6.45) is 5.11. The standard InChI is InChI=1S/C16H24ClNO/c1-3-9-18-12(2)15-10-14(17)7-8-16(15)19-11-13-5-4-6-13/h7-8,10,12-13,18H,3-6,9,11H2,1-2H3. The van der Waals surface area contributed by atoms with E-state index in [0.717, 1.165) is 36.3 Å². The fraction of sp³-hybridized carbons (Fsp3) is 0.625. The first-order chi connectivity index (χ1) is 9.20. The van der Waals surface area contributed by atoms with Crippen LogP contribution in [0.25, 0.3) is 0 Å². The summed E-state index contributed by atoms with van der Waals surface area (Å²) in [6.45, 7) is 6.19. The van der Waals surface area contributed by atoms with Crippen molar-refractivity contribution >= 4 is 11.6 Å². The van der Waals surface area contributed by atoms with Gasteiger partial charge in [0.2, 0.25) is 0 Å². The Balaban J connectivity index is 2.02. The van der Waals surface area contributed by atoms with Gasteiger partial charge in [-0.2, -0.15) is 0 Å². The summed E-state index contributed by atoms with van der Waals surface area (Å²) in [5.41, 5.74) is 1.17. The first kappa shape index (κ1) is 14.7. The largest absolute Gasteiger partial charge is 0.493 e. The number of nitrogens with one attached hydrogen (secondary N) is 1. The molecule has 1 fully saturated rings. The molecule has 106 valence electrons. The molecule has 0 aromatic heterocycles. The predicted octanol–water partition coefficient (Wildman–Crippen LogP) is 4.58. The summed E-state index contributed by atoms with van der Waals surface area (Å²) >= 11 is 6.11. The smallest absolute Gasteiger partial charge is 0.124 e. The zero-order valence-electron chi connectivity index (χ0n) is 11.9. The Bertz CT molecular complexity index is 404. The molecule has 0 heterocycles. The van der Waals surface area contributed by atoms with Crippen LogP contribution in [0.4, 0.5) is 0 Å². The van der Waals surface area contributed by atoms with E-state index in [2.05, 4.69) is 19.2 Å². The van der Waals surface area contributed by atoms with Gasteiger partial charge in [-0.15, -0.1) is 0 Å². The molecule has 1 atom stereocenters. The molecule has 0 amide bonds. The minimum absolute atomic E-state index is 0.273. The van der Waals surface area contributed by atoms with E-state index in [1.807, 2.05) is 18.2 Å². The second kappa shape index (κ2) is 7.16. The summed E-state index contributed by atoms with van der Waals surface area (Å²) in [6, 6.07) is 6.20. The highest BCUT2D eigenvalue weighted by molar-refractivity contribution is 6.30. The maximum atomic E-state index is 6.11. The Kier molecular flexibility index (Phi) is 5.53. The van der Waals surface area contributed by atoms with Crippen molar-refractivity contribution in [3.8, 4) is 5.75 Å². The second-order valence-corrected chi connectivity index (χ2v) is 5.90. The summed E-state index contributed by atoms with van der Waals surface area (Å²) in [4.78, 5) is 0. The number of benzene rings is 1. The Morgan fingerprint density at radius 3 is 2.84 bits per heavy atom. The van der Waals surface area contributed by atoms with Gasteiger partial charge in [-0.3, -0.25) is 0 Å². The molecular formula is C16H24ClNO. The molecule has 1 unspecified atom stereocenters. The minimum atomic E-state index is 0.273. The molecule has 0 radical (unpaired) electrons. The van der Waals surface area contributed by atoms with Gasteiger partial charge in [-0.1, -0.05) is 24.9 Å². The van der Waals surface area contributed by atoms with E-state index in [1.165, 1.54) is 24.8 Å². The third-order valence-electron chi connectivity index (χ3n) is 3.84. The van der Waals surface area contributed by atoms with Crippen LogP contribution in [-0.2, 0) is 0 Å². The van der Waals surface area contributed by atoms with Crippen molar-refractivity contribution in [1.82, 2.24) is 5.32 Å². The summed E-state index contributed by atoms with van der Waals surface area (Å²) < 4.78 is 6.00. The highest BCUT2D eigenvalue weighted by atomic mass is 35.5. The molecule has 3 heteroatoms. The Hall–Kier alpha value is -0.730. The maximum absolute atomic E-state index is 6.11. The molecule has 19 heavy (non-hydrogen) atoms. The van der Waals surface area contributed by atoms with E-state index < -0.39 is 0 Å². The van der Waals surface area contributed by atoms with Gasteiger partial charge in [0.05, 0.1) is 6.61 Å². The van der Waals surface area contributed by atoms with Gasteiger partial charge < -0.3 is 10.1 Å². The molecule has 1 aromatic rings. The van der Waals surface area contributed by atoms with Crippen molar-refractivity contribution in [3.63, 3.8) is 0 Å². The lowest BCUT2D eigenvalue weighted by Gasteiger charge is -2.26. The molecule has 1 aliphatic carbocycles. The van der Waals surface area contributed by atoms with Crippen LogP contribution in [0, 0.1) is 5.92 Å². The summed E-state index contributed by atoms with van der Waals surface area (Å²) in [5.74, 6) is 1.73. The molecule has 2 rings (SSSR count). The van der Waals surface area contributed by atoms with Crippen LogP contribution in [0.3, 0.4) is 0 Å². The van der Waals surface area contributed by atoms with Crippen LogP contribution in [-0.4, -0.2) is 13.2 Å². The molecule has 1 N–H and O–H groups in total. The van der Waals surface area contributed by atoms with E-state index in [0.29, 0.717) is 0 Å². The second-order valence-electron chi connectivity index (χ2n) is 5.47. The van der Waals surface area contributed by atoms with Crippen LogP contribution >= 0.6 is 11.6 Å². The lowest BCUT2D eigenvalue weighted by molar-refractivity contribution is 0.178. The minimum Gasteiger partial charge on any atom is -0.493 e. The van der Waals surface area contributed by atoms with Crippen LogP contribution in [0.15, 0.2) is 18.2 Å². The monoisotopic (exact) mass is 281 g/mol. The quantitative estimate of drug-likeness (QED) is 0.790. The molecule has 1 aromatic carbocycles. The van der Waals surface area contributed by atoms with E-state index in [9.17, 15) is 0 Å². The van der Waals surface area contributed by atoms with E-state index >= 15 is 0 Å². The molecule has 0 saturated heterocycles. The van der Waals surface area contributed by atoms with Crippen molar-refractivity contribution < 1.29 is 4.74 Å². The molecule has 1 saturated carbocycles. The van der Waals surface area contributed by atoms with Crippen molar-refractivity contribution in [3.05, 3.63) is 28.8 Å². The molecule has 2 nitrogen and oxygen atoms in total. The normalized spacial score (nSPS) is 17.0. The average molecular weight is 282 g/mol. The molecule has 0 aliphatic heterocycles. The van der Waals surface area contributed by atoms with Gasteiger partial charge in [0.1, 0.15) is 5.75 Å². The van der Waals surface area contributed by atoms with Crippen molar-refractivity contribution in [2.24, 2.45) is 5.92 Å². The lowest BCUT2D eigenvalue weighted by atomic mass is 9.86. The van der Waals surface area contributed by atoms with E-state index in [1.54, 1.807) is 0 Å². The lowest BCUT2D eigenvalue weighted by Crippen LogP contribution is -2.22. The first-order valence-corrected chi connectivity index (χ1v) is 7.74. The SMILES string of the molecule is CCCNC(C)c1cc(Cl)ccc1OCC1CCC1. The van der Waals surface area contributed by atoms with Crippen LogP contribution in [0.5, 0.6) is 5.75 Å². The van der Waals surface area contributed by atoms with E-state index in [-0.39, 0.29) is 6.04 Å². The summed E-state index contributed by atoms with van der Waals surface area (Å²) in [5, 5.41) is 4.27. The van der Waals surface area contributed by atoms with Gasteiger partial charge in [0.15, 0.2) is 0 Å². The van der Waals surface area contributed by atoms with Crippen molar-refractivity contribution in [2.75, 3.05) is 13.2 Å². The van der Waals surface area contributed by atoms with Crippen LogP contribution < -0.4 is 10.1 Å². The highest BCUT2D eigenvalue weighted by Crippen LogP contribution is 2.31. The highest BCUT2D eigenvalue weighted by Gasteiger charge is 2.19. The molecule has 0 spiro atoms. The maximum Gasteiger partial charge on any atom is 0.124 e. The fourth-order valence-corrected chi connectivity index (χ4v) is 2.51. The topological polar surface area (TPSA) is 21.3 Å². The first-order valence-electron chi connectivity index (χ1n) is 7.36. The Morgan fingerprint density at radius 2 is 2.21 bits per heavy atom. The molecule has 0 bridgehead atoms. The van der Waals surface area contributed by atoms with Gasteiger partial charge in [-0.05, 0) is 56.8 Å². The molecule has 1 aliphatic rings. The number of hydrogen-bond donors (Lipinski definition) is 1. The van der Waals surface area contributed by atoms with Gasteiger partial charge in [-0.25, -0.2) is 0 Å². The zero-order valence-corrected chi connectivity index (χ0v) is 12.7. The molecular weight excluding hydrogens is 258 g/mol. The van der Waals surface area contributed by atoms with Crippen molar-refractivity contribution in [2.45, 2.75) is 45.6 Å². The van der Waals surface area contributed by atoms with E-state index in [4.69, 9.17) is 16.3 Å². The average Bonchev–Trinajstić information content (AvgIpc) is 2.35. The third kappa shape index (κ3) is 4.12. The number of hydrogen-bond acceptors (Lipinski definition) is 2. The van der Waals surface area contributed by atoms with Gasteiger partial charge in [0, 0.05) is 16.6 Å². The Labute approximate surface area is 121 Å². The third-order valence-corrected chi connectivity index (χ3v) is 4.07. The fourth-order valence-electron chi connectivity index (χ4n) is 2.33. The number of ether oxygens (including phenoxy) is 1. The Morgan fingerprint density at radius 1 is 1.42 bits per heavy atom. The van der Waals surface area contributed by atoms with Crippen LogP contribution in [0.2, 0.25) is 5.02 Å². The van der Waals surface area contributed by atoms with Crippen LogP contribution in [0.1, 0.15) is 51.1 Å². The number of rotatable bonds is 7. The number of halogens is 1.